The largest absolute Gasteiger partial charge is 0.394 e. The monoisotopic (exact) mass is 283 g/mol. The van der Waals surface area contributed by atoms with Gasteiger partial charge in [-0.05, 0) is 12.8 Å². The molecule has 1 fully saturated rings. The maximum Gasteiger partial charge on any atom is 0.287 e. The molecule has 1 amide bonds. The number of rotatable bonds is 4. The molecule has 1 aliphatic heterocycles. The molecule has 8 heteroatoms. The normalized spacial score (nSPS) is 17.7. The van der Waals surface area contributed by atoms with E-state index in [9.17, 15) is 20.0 Å². The summed E-state index contributed by atoms with van der Waals surface area (Å²) in [6.07, 6.45) is 2.31. The van der Waals surface area contributed by atoms with Gasteiger partial charge >= 0.3 is 0 Å². The molecule has 0 aromatic carbocycles. The highest BCUT2D eigenvalue weighted by Gasteiger charge is 2.34. The molecule has 0 bridgehead atoms. The number of amides is 1. The number of aliphatic hydroxyl groups excluding tert-OH is 1. The van der Waals surface area contributed by atoms with Crippen molar-refractivity contribution in [3.05, 3.63) is 28.1 Å². The number of carbonyl (C=O) groups is 1. The molecule has 20 heavy (non-hydrogen) atoms. The first kappa shape index (κ1) is 14.5. The highest BCUT2D eigenvalue weighted by Crippen LogP contribution is 2.22. The van der Waals surface area contributed by atoms with Crippen LogP contribution in [0.4, 0.5) is 5.69 Å². The molecule has 0 spiro atoms. The van der Waals surface area contributed by atoms with Crippen LogP contribution in [0, 0.1) is 10.1 Å². The summed E-state index contributed by atoms with van der Waals surface area (Å²) < 4.78 is 6.62. The van der Waals surface area contributed by atoms with Crippen LogP contribution in [0.15, 0.2) is 12.3 Å². The van der Waals surface area contributed by atoms with Crippen LogP contribution in [0.25, 0.3) is 0 Å². The van der Waals surface area contributed by atoms with Gasteiger partial charge in [-0.3, -0.25) is 14.9 Å². The van der Waals surface area contributed by atoms with Gasteiger partial charge in [-0.15, -0.1) is 0 Å². The average Bonchev–Trinajstić information content (AvgIpc) is 2.82. The molecule has 0 atom stereocenters. The van der Waals surface area contributed by atoms with Crippen molar-refractivity contribution >= 4 is 11.6 Å². The molecule has 1 saturated heterocycles. The van der Waals surface area contributed by atoms with Crippen molar-refractivity contribution in [3.63, 3.8) is 0 Å². The van der Waals surface area contributed by atoms with E-state index in [0.29, 0.717) is 26.1 Å². The van der Waals surface area contributed by atoms with Gasteiger partial charge in [0.15, 0.2) is 0 Å². The topological polar surface area (TPSA) is 107 Å². The van der Waals surface area contributed by atoms with Crippen LogP contribution in [-0.4, -0.2) is 45.9 Å². The summed E-state index contributed by atoms with van der Waals surface area (Å²) in [5.41, 5.74) is -0.660. The standard InChI is InChI=1S/C12H17N3O5/c1-14-7-9(15(18)19)6-10(14)11(17)13-12(8-16)2-4-20-5-3-12/h6-7,16H,2-5,8H2,1H3,(H,13,17). The Labute approximate surface area is 115 Å². The minimum absolute atomic E-state index is 0.136. The third-order valence-corrected chi connectivity index (χ3v) is 3.57. The molecule has 1 aliphatic rings. The molecule has 2 heterocycles. The van der Waals surface area contributed by atoms with Crippen molar-refractivity contribution in [1.29, 1.82) is 0 Å². The van der Waals surface area contributed by atoms with Crippen molar-refractivity contribution in [2.45, 2.75) is 18.4 Å². The van der Waals surface area contributed by atoms with E-state index in [1.54, 1.807) is 7.05 Å². The van der Waals surface area contributed by atoms with E-state index >= 15 is 0 Å². The summed E-state index contributed by atoms with van der Waals surface area (Å²) in [4.78, 5) is 22.4. The van der Waals surface area contributed by atoms with E-state index in [1.807, 2.05) is 0 Å². The van der Waals surface area contributed by atoms with E-state index in [4.69, 9.17) is 4.74 Å². The van der Waals surface area contributed by atoms with Crippen molar-refractivity contribution in [2.75, 3.05) is 19.8 Å². The molecule has 0 unspecified atom stereocenters. The van der Waals surface area contributed by atoms with Crippen LogP contribution in [0.5, 0.6) is 0 Å². The fourth-order valence-corrected chi connectivity index (χ4v) is 2.26. The maximum atomic E-state index is 12.2. The number of nitro groups is 1. The number of nitrogens with one attached hydrogen (secondary N) is 1. The first-order chi connectivity index (χ1) is 9.47. The fraction of sp³-hybridized carbons (Fsp3) is 0.583. The summed E-state index contributed by atoms with van der Waals surface area (Å²) in [5.74, 6) is -0.434. The number of nitrogens with zero attached hydrogens (tertiary/aromatic N) is 2. The number of aryl methyl sites for hydroxylation is 1. The Balaban J connectivity index is 2.16. The van der Waals surface area contributed by atoms with E-state index in [0.717, 1.165) is 0 Å². The second-order valence-electron chi connectivity index (χ2n) is 4.96. The molecule has 1 aromatic rings. The minimum atomic E-state index is -0.714. The van der Waals surface area contributed by atoms with Crippen LogP contribution >= 0.6 is 0 Å². The first-order valence-corrected chi connectivity index (χ1v) is 6.29. The average molecular weight is 283 g/mol. The quantitative estimate of drug-likeness (QED) is 0.606. The highest BCUT2D eigenvalue weighted by molar-refractivity contribution is 5.94. The van der Waals surface area contributed by atoms with Gasteiger partial charge in [0.25, 0.3) is 11.6 Å². The second kappa shape index (κ2) is 5.59. The number of hydrogen-bond donors (Lipinski definition) is 2. The predicted molar refractivity (Wildman–Crippen MR) is 69.4 cm³/mol. The lowest BCUT2D eigenvalue weighted by atomic mass is 9.91. The van der Waals surface area contributed by atoms with Crippen LogP contribution in [0.1, 0.15) is 23.3 Å². The fourth-order valence-electron chi connectivity index (χ4n) is 2.26. The molecule has 0 radical (unpaired) electrons. The van der Waals surface area contributed by atoms with Crippen LogP contribution < -0.4 is 5.32 Å². The van der Waals surface area contributed by atoms with E-state index in [1.165, 1.54) is 16.8 Å². The van der Waals surface area contributed by atoms with Gasteiger partial charge in [0.2, 0.25) is 0 Å². The number of carbonyl (C=O) groups excluding carboxylic acids is 1. The molecular weight excluding hydrogens is 266 g/mol. The Morgan fingerprint density at radius 2 is 2.25 bits per heavy atom. The SMILES string of the molecule is Cn1cc([N+](=O)[O-])cc1C(=O)NC1(CO)CCOCC1. The van der Waals surface area contributed by atoms with Gasteiger partial charge in [-0.25, -0.2) is 0 Å². The van der Waals surface area contributed by atoms with Crippen LogP contribution in [0.2, 0.25) is 0 Å². The lowest BCUT2D eigenvalue weighted by Gasteiger charge is -2.36. The molecule has 1 aromatic heterocycles. The van der Waals surface area contributed by atoms with Gasteiger partial charge in [0, 0.05) is 26.3 Å². The maximum absolute atomic E-state index is 12.2. The first-order valence-electron chi connectivity index (χ1n) is 6.29. The second-order valence-corrected chi connectivity index (χ2v) is 4.96. The van der Waals surface area contributed by atoms with Gasteiger partial charge in [-0.2, -0.15) is 0 Å². The number of ether oxygens (including phenoxy) is 1. The number of aliphatic hydroxyl groups is 1. The molecule has 0 aliphatic carbocycles. The van der Waals surface area contributed by atoms with Crippen molar-refractivity contribution in [2.24, 2.45) is 7.05 Å². The Kier molecular flexibility index (Phi) is 4.05. The van der Waals surface area contributed by atoms with E-state index in [2.05, 4.69) is 5.32 Å². The van der Waals surface area contributed by atoms with Crippen molar-refractivity contribution in [1.82, 2.24) is 9.88 Å². The van der Waals surface area contributed by atoms with E-state index < -0.39 is 16.4 Å². The summed E-state index contributed by atoms with van der Waals surface area (Å²) in [6, 6.07) is 1.22. The van der Waals surface area contributed by atoms with E-state index in [-0.39, 0.29) is 18.0 Å². The number of hydrogen-bond acceptors (Lipinski definition) is 5. The molecule has 110 valence electrons. The molecule has 8 nitrogen and oxygen atoms in total. The predicted octanol–water partition coefficient (Wildman–Crippen LogP) is 0.205. The Morgan fingerprint density at radius 1 is 1.60 bits per heavy atom. The minimum Gasteiger partial charge on any atom is -0.394 e. The lowest BCUT2D eigenvalue weighted by molar-refractivity contribution is -0.384. The van der Waals surface area contributed by atoms with Gasteiger partial charge < -0.3 is 19.7 Å². The van der Waals surface area contributed by atoms with Gasteiger partial charge in [-0.1, -0.05) is 0 Å². The zero-order valence-corrected chi connectivity index (χ0v) is 11.2. The smallest absolute Gasteiger partial charge is 0.287 e. The Hall–Kier alpha value is -1.93. The van der Waals surface area contributed by atoms with Crippen LogP contribution in [0.3, 0.4) is 0 Å². The van der Waals surface area contributed by atoms with Gasteiger partial charge in [0.05, 0.1) is 23.3 Å². The van der Waals surface area contributed by atoms with Crippen LogP contribution in [-0.2, 0) is 11.8 Å². The van der Waals surface area contributed by atoms with Crippen molar-refractivity contribution < 1.29 is 19.6 Å². The molecule has 0 saturated carbocycles. The summed E-state index contributed by atoms with van der Waals surface area (Å²) in [7, 11) is 1.57. The highest BCUT2D eigenvalue weighted by atomic mass is 16.6. The molecule has 2 rings (SSSR count). The Bertz CT molecular complexity index is 519. The van der Waals surface area contributed by atoms with Gasteiger partial charge in [0.1, 0.15) is 5.69 Å². The number of aromatic nitrogens is 1. The summed E-state index contributed by atoms with van der Waals surface area (Å²) >= 11 is 0. The lowest BCUT2D eigenvalue weighted by Crippen LogP contribution is -2.54. The third-order valence-electron chi connectivity index (χ3n) is 3.57. The Morgan fingerprint density at radius 3 is 2.75 bits per heavy atom. The molecule has 2 N–H and O–H groups in total. The summed E-state index contributed by atoms with van der Waals surface area (Å²) in [6.45, 7) is 0.747. The third kappa shape index (κ3) is 2.81. The summed E-state index contributed by atoms with van der Waals surface area (Å²) in [5, 5.41) is 23.0. The van der Waals surface area contributed by atoms with Crippen molar-refractivity contribution in [3.8, 4) is 0 Å². The molecular formula is C12H17N3O5. The zero-order valence-electron chi connectivity index (χ0n) is 11.2. The zero-order chi connectivity index (χ0) is 14.8.